The van der Waals surface area contributed by atoms with E-state index in [1.54, 1.807) is 55.6 Å². The summed E-state index contributed by atoms with van der Waals surface area (Å²) in [6, 6.07) is 25.1. The van der Waals surface area contributed by atoms with Crippen molar-refractivity contribution < 1.29 is 19.1 Å². The van der Waals surface area contributed by atoms with Crippen molar-refractivity contribution in [1.82, 2.24) is 5.32 Å². The highest BCUT2D eigenvalue weighted by Crippen LogP contribution is 2.24. The van der Waals surface area contributed by atoms with Gasteiger partial charge in [0.2, 0.25) is 6.10 Å². The Balaban J connectivity index is 1.80. The monoisotopic (exact) mass is 375 g/mol. The second kappa shape index (κ2) is 9.37. The maximum Gasteiger partial charge on any atom is 0.339 e. The lowest BCUT2D eigenvalue weighted by atomic mass is 10.1. The third-order valence-corrected chi connectivity index (χ3v) is 4.18. The van der Waals surface area contributed by atoms with Crippen LogP contribution in [0.1, 0.15) is 27.6 Å². The van der Waals surface area contributed by atoms with Gasteiger partial charge in [-0.25, -0.2) is 4.79 Å². The van der Waals surface area contributed by atoms with Crippen LogP contribution in [-0.4, -0.2) is 19.0 Å². The highest BCUT2D eigenvalue weighted by molar-refractivity contribution is 5.92. The van der Waals surface area contributed by atoms with E-state index < -0.39 is 18.0 Å². The minimum absolute atomic E-state index is 0.336. The molecule has 1 atom stereocenters. The van der Waals surface area contributed by atoms with E-state index in [4.69, 9.17) is 9.47 Å². The molecule has 0 radical (unpaired) electrons. The molecule has 0 aliphatic rings. The number of carbonyl (C=O) groups excluding carboxylic acids is 2. The maximum absolute atomic E-state index is 12.9. The molecule has 1 amide bonds. The van der Waals surface area contributed by atoms with Crippen LogP contribution in [0.5, 0.6) is 5.75 Å². The number of hydrogen-bond donors (Lipinski definition) is 1. The van der Waals surface area contributed by atoms with Gasteiger partial charge in [0.1, 0.15) is 5.75 Å². The van der Waals surface area contributed by atoms with Crippen molar-refractivity contribution in [2.24, 2.45) is 0 Å². The third kappa shape index (κ3) is 4.98. The molecule has 142 valence electrons. The van der Waals surface area contributed by atoms with Gasteiger partial charge in [-0.05, 0) is 29.8 Å². The van der Waals surface area contributed by atoms with E-state index in [-0.39, 0.29) is 0 Å². The summed E-state index contributed by atoms with van der Waals surface area (Å²) in [5, 5.41) is 2.83. The van der Waals surface area contributed by atoms with Crippen molar-refractivity contribution in [2.45, 2.75) is 12.6 Å². The number of methoxy groups -OCH3 is 1. The van der Waals surface area contributed by atoms with Crippen molar-refractivity contribution in [3.8, 4) is 5.75 Å². The summed E-state index contributed by atoms with van der Waals surface area (Å²) < 4.78 is 10.8. The molecule has 0 aliphatic carbocycles. The summed E-state index contributed by atoms with van der Waals surface area (Å²) >= 11 is 0. The fourth-order valence-electron chi connectivity index (χ4n) is 2.70. The topological polar surface area (TPSA) is 64.6 Å². The van der Waals surface area contributed by atoms with Gasteiger partial charge in [0, 0.05) is 12.1 Å². The number of ether oxygens (including phenoxy) is 2. The van der Waals surface area contributed by atoms with Crippen LogP contribution in [0.15, 0.2) is 84.9 Å². The van der Waals surface area contributed by atoms with Gasteiger partial charge in [0.25, 0.3) is 5.91 Å². The van der Waals surface area contributed by atoms with Gasteiger partial charge in [-0.2, -0.15) is 0 Å². The van der Waals surface area contributed by atoms with Gasteiger partial charge in [-0.15, -0.1) is 0 Å². The van der Waals surface area contributed by atoms with Gasteiger partial charge in [-0.3, -0.25) is 4.79 Å². The number of amides is 1. The Kier molecular flexibility index (Phi) is 6.41. The van der Waals surface area contributed by atoms with Crippen LogP contribution >= 0.6 is 0 Å². The Bertz CT molecular complexity index is 926. The first-order valence-corrected chi connectivity index (χ1v) is 8.89. The van der Waals surface area contributed by atoms with Gasteiger partial charge < -0.3 is 14.8 Å². The molecule has 0 aliphatic heterocycles. The van der Waals surface area contributed by atoms with E-state index in [1.807, 2.05) is 36.4 Å². The van der Waals surface area contributed by atoms with Crippen molar-refractivity contribution >= 4 is 11.9 Å². The smallest absolute Gasteiger partial charge is 0.339 e. The maximum atomic E-state index is 12.9. The van der Waals surface area contributed by atoms with E-state index in [0.717, 1.165) is 5.56 Å². The second-order valence-electron chi connectivity index (χ2n) is 6.13. The van der Waals surface area contributed by atoms with Crippen LogP contribution in [0.25, 0.3) is 0 Å². The number of rotatable bonds is 7. The van der Waals surface area contributed by atoms with E-state index in [2.05, 4.69) is 5.32 Å². The first-order chi connectivity index (χ1) is 13.7. The van der Waals surface area contributed by atoms with Gasteiger partial charge >= 0.3 is 5.97 Å². The minimum Gasteiger partial charge on any atom is -0.497 e. The first-order valence-electron chi connectivity index (χ1n) is 8.89. The van der Waals surface area contributed by atoms with E-state index in [0.29, 0.717) is 23.4 Å². The Labute approximate surface area is 163 Å². The molecular formula is C23H21NO4. The fraction of sp³-hybridized carbons (Fsp3) is 0.130. The summed E-state index contributed by atoms with van der Waals surface area (Å²) in [7, 11) is 1.54. The Morgan fingerprint density at radius 3 is 2.25 bits per heavy atom. The number of nitrogens with one attached hydrogen (secondary N) is 1. The van der Waals surface area contributed by atoms with Gasteiger partial charge in [0.15, 0.2) is 0 Å². The molecule has 28 heavy (non-hydrogen) atoms. The third-order valence-electron chi connectivity index (χ3n) is 4.18. The molecule has 0 saturated heterocycles. The quantitative estimate of drug-likeness (QED) is 0.636. The summed E-state index contributed by atoms with van der Waals surface area (Å²) in [5.41, 5.74) is 1.87. The second-order valence-corrected chi connectivity index (χ2v) is 6.13. The number of carbonyl (C=O) groups is 2. The highest BCUT2D eigenvalue weighted by Gasteiger charge is 2.26. The van der Waals surface area contributed by atoms with E-state index in [1.165, 1.54) is 0 Å². The molecule has 3 aromatic rings. The lowest BCUT2D eigenvalue weighted by Crippen LogP contribution is -2.31. The molecule has 0 spiro atoms. The van der Waals surface area contributed by atoms with Crippen LogP contribution in [-0.2, 0) is 16.1 Å². The lowest BCUT2D eigenvalue weighted by Gasteiger charge is -2.19. The first kappa shape index (κ1) is 19.2. The van der Waals surface area contributed by atoms with Crippen molar-refractivity contribution in [1.29, 1.82) is 0 Å². The largest absolute Gasteiger partial charge is 0.497 e. The SMILES string of the molecule is COc1cccc(C(OC(=O)c2ccccc2)C(=O)NCc2ccccc2)c1. The molecule has 0 fully saturated rings. The minimum atomic E-state index is -1.09. The Morgan fingerprint density at radius 1 is 0.893 bits per heavy atom. The molecule has 0 saturated carbocycles. The highest BCUT2D eigenvalue weighted by atomic mass is 16.5. The molecule has 1 N–H and O–H groups in total. The molecule has 1 unspecified atom stereocenters. The average Bonchev–Trinajstić information content (AvgIpc) is 2.77. The standard InChI is InChI=1S/C23H21NO4/c1-27-20-14-8-13-19(15-20)21(28-23(26)18-11-6-3-7-12-18)22(25)24-16-17-9-4-2-5-10-17/h2-15,21H,16H2,1H3,(H,24,25). The predicted molar refractivity (Wildman–Crippen MR) is 106 cm³/mol. The van der Waals surface area contributed by atoms with E-state index in [9.17, 15) is 9.59 Å². The molecule has 0 aromatic heterocycles. The van der Waals surface area contributed by atoms with Crippen LogP contribution in [0.4, 0.5) is 0 Å². The van der Waals surface area contributed by atoms with Crippen LogP contribution in [0, 0.1) is 0 Å². The fourth-order valence-corrected chi connectivity index (χ4v) is 2.70. The zero-order valence-corrected chi connectivity index (χ0v) is 15.5. The molecule has 5 heteroatoms. The average molecular weight is 375 g/mol. The molecule has 3 rings (SSSR count). The van der Waals surface area contributed by atoms with Crippen molar-refractivity contribution in [3.05, 3.63) is 102 Å². The van der Waals surface area contributed by atoms with Crippen LogP contribution in [0.3, 0.4) is 0 Å². The van der Waals surface area contributed by atoms with E-state index >= 15 is 0 Å². The summed E-state index contributed by atoms with van der Waals surface area (Å²) in [4.78, 5) is 25.4. The normalized spacial score (nSPS) is 11.3. The molecule has 5 nitrogen and oxygen atoms in total. The van der Waals surface area contributed by atoms with Gasteiger partial charge in [-0.1, -0.05) is 60.7 Å². The number of hydrogen-bond acceptors (Lipinski definition) is 4. The van der Waals surface area contributed by atoms with Crippen LogP contribution < -0.4 is 10.1 Å². The summed E-state index contributed by atoms with van der Waals surface area (Å²) in [6.45, 7) is 0.336. The Morgan fingerprint density at radius 2 is 1.57 bits per heavy atom. The van der Waals surface area contributed by atoms with Gasteiger partial charge in [0.05, 0.1) is 12.7 Å². The Hall–Kier alpha value is -3.60. The lowest BCUT2D eigenvalue weighted by molar-refractivity contribution is -0.130. The zero-order chi connectivity index (χ0) is 19.8. The summed E-state index contributed by atoms with van der Waals surface area (Å²) in [5.74, 6) is -0.390. The van der Waals surface area contributed by atoms with Crippen molar-refractivity contribution in [2.75, 3.05) is 7.11 Å². The molecule has 3 aromatic carbocycles. The summed E-state index contributed by atoms with van der Waals surface area (Å²) in [6.07, 6.45) is -1.09. The predicted octanol–water partition coefficient (Wildman–Crippen LogP) is 3.91. The number of esters is 1. The molecule has 0 heterocycles. The molecular weight excluding hydrogens is 354 g/mol. The van der Waals surface area contributed by atoms with Crippen LogP contribution in [0.2, 0.25) is 0 Å². The van der Waals surface area contributed by atoms with Crippen molar-refractivity contribution in [3.63, 3.8) is 0 Å². The molecule has 0 bridgehead atoms. The zero-order valence-electron chi connectivity index (χ0n) is 15.5. The number of benzene rings is 3.